The number of carbonyl (C=O) groups excluding carboxylic acids is 2. The maximum absolute atomic E-state index is 14.8. The molecule has 10 heteroatoms. The van der Waals surface area contributed by atoms with Crippen molar-refractivity contribution in [2.45, 2.75) is 44.1 Å². The predicted molar refractivity (Wildman–Crippen MR) is 119 cm³/mol. The minimum atomic E-state index is -3.54. The summed E-state index contributed by atoms with van der Waals surface area (Å²) in [7, 11) is 0. The number of thiazole rings is 1. The third kappa shape index (κ3) is 3.97. The summed E-state index contributed by atoms with van der Waals surface area (Å²) in [6.07, 6.45) is 4.97. The van der Waals surface area contributed by atoms with Crippen molar-refractivity contribution >= 4 is 34.8 Å². The van der Waals surface area contributed by atoms with Crippen molar-refractivity contribution in [3.63, 3.8) is 0 Å². The molecule has 3 heterocycles. The zero-order valence-electron chi connectivity index (χ0n) is 17.5. The molecule has 1 saturated heterocycles. The first kappa shape index (κ1) is 21.3. The monoisotopic (exact) mass is 461 g/mol. The molecule has 2 aliphatic heterocycles. The van der Waals surface area contributed by atoms with E-state index in [2.05, 4.69) is 20.9 Å². The fraction of sp³-hybridized carbons (Fsp3) is 0.500. The molecule has 7 nitrogen and oxygen atoms in total. The van der Waals surface area contributed by atoms with Crippen LogP contribution in [-0.2, 0) is 10.7 Å². The number of rotatable bonds is 5. The number of nitrogens with zero attached hydrogens (tertiary/aromatic N) is 2. The molecule has 0 spiro atoms. The van der Waals surface area contributed by atoms with E-state index in [-0.39, 0.29) is 23.3 Å². The number of benzene rings is 1. The minimum absolute atomic E-state index is 0.0706. The topological polar surface area (TPSA) is 86.4 Å². The van der Waals surface area contributed by atoms with Crippen LogP contribution in [0.2, 0.25) is 0 Å². The quantitative estimate of drug-likeness (QED) is 0.630. The number of carbonyl (C=O) groups is 2. The number of hydrogen-bond acceptors (Lipinski definition) is 5. The van der Waals surface area contributed by atoms with E-state index >= 15 is 0 Å². The molecular formula is C22H25F2N5O2S. The Hall–Kier alpha value is -2.59. The van der Waals surface area contributed by atoms with Crippen molar-refractivity contribution < 1.29 is 18.4 Å². The van der Waals surface area contributed by atoms with Crippen LogP contribution in [0.15, 0.2) is 23.6 Å². The Morgan fingerprint density at radius 3 is 2.84 bits per heavy atom. The SMILES string of the molecule is O=C(Nc1csc(-c2ccc3c(c2)C(F)(F)C(=O)N3CC2CCC2)n1)N[C@H]1CCCNC1. The standard InChI is InChI=1S/C22H25F2N5O2S/c23-22(24)16-9-14(6-7-17(16)29(20(22)30)11-13-3-1-4-13)19-27-18(12-32-19)28-21(31)26-15-5-2-8-25-10-15/h6-7,9,12-13,15,25H,1-5,8,10-11H2,(H2,26,28,31)/t15-/m0/s1. The van der Waals surface area contributed by atoms with E-state index in [1.807, 2.05) is 0 Å². The molecule has 1 aliphatic carbocycles. The van der Waals surface area contributed by atoms with E-state index in [4.69, 9.17) is 0 Å². The number of fused-ring (bicyclic) bond motifs is 1. The lowest BCUT2D eigenvalue weighted by Crippen LogP contribution is -2.47. The van der Waals surface area contributed by atoms with Gasteiger partial charge in [-0.3, -0.25) is 10.1 Å². The van der Waals surface area contributed by atoms with Crippen LogP contribution < -0.4 is 20.9 Å². The second kappa shape index (κ2) is 8.40. The van der Waals surface area contributed by atoms with Gasteiger partial charge in [-0.15, -0.1) is 11.3 Å². The smallest absolute Gasteiger partial charge is 0.334 e. The highest BCUT2D eigenvalue weighted by molar-refractivity contribution is 7.13. The van der Waals surface area contributed by atoms with Crippen LogP contribution in [0.3, 0.4) is 0 Å². The molecule has 0 bridgehead atoms. The van der Waals surface area contributed by atoms with Gasteiger partial charge >= 0.3 is 17.9 Å². The predicted octanol–water partition coefficient (Wildman–Crippen LogP) is 3.92. The van der Waals surface area contributed by atoms with Gasteiger partial charge in [0.25, 0.3) is 0 Å². The van der Waals surface area contributed by atoms with Crippen LogP contribution in [0.1, 0.15) is 37.7 Å². The maximum atomic E-state index is 14.8. The first-order chi connectivity index (χ1) is 15.4. The fourth-order valence-corrected chi connectivity index (χ4v) is 5.19. The number of anilines is 2. The summed E-state index contributed by atoms with van der Waals surface area (Å²) in [6, 6.07) is 4.37. The number of halogens is 2. The van der Waals surface area contributed by atoms with Gasteiger partial charge in [-0.1, -0.05) is 6.42 Å². The summed E-state index contributed by atoms with van der Waals surface area (Å²) in [5, 5.41) is 11.0. The normalized spacial score (nSPS) is 22.4. The summed E-state index contributed by atoms with van der Waals surface area (Å²) in [4.78, 5) is 30.2. The summed E-state index contributed by atoms with van der Waals surface area (Å²) in [5.74, 6) is -4.03. The van der Waals surface area contributed by atoms with Crippen LogP contribution in [0.5, 0.6) is 0 Å². The lowest BCUT2D eigenvalue weighted by atomic mass is 9.85. The number of alkyl halides is 2. The average Bonchev–Trinajstić information content (AvgIpc) is 3.27. The molecule has 1 aromatic heterocycles. The second-order valence-electron chi connectivity index (χ2n) is 8.70. The molecule has 0 unspecified atom stereocenters. The van der Waals surface area contributed by atoms with E-state index in [9.17, 15) is 18.4 Å². The fourth-order valence-electron chi connectivity index (χ4n) is 4.44. The van der Waals surface area contributed by atoms with Gasteiger partial charge in [-0.05, 0) is 56.3 Å². The van der Waals surface area contributed by atoms with Crippen LogP contribution in [0.25, 0.3) is 10.6 Å². The van der Waals surface area contributed by atoms with Crippen LogP contribution in [0, 0.1) is 5.92 Å². The third-order valence-corrected chi connectivity index (χ3v) is 7.32. The molecule has 2 aromatic rings. The summed E-state index contributed by atoms with van der Waals surface area (Å²) in [6.45, 7) is 2.03. The number of piperidine rings is 1. The first-order valence-electron chi connectivity index (χ1n) is 11.0. The molecule has 3 N–H and O–H groups in total. The van der Waals surface area contributed by atoms with Crippen molar-refractivity contribution in [1.29, 1.82) is 0 Å². The lowest BCUT2D eigenvalue weighted by Gasteiger charge is -2.30. The maximum Gasteiger partial charge on any atom is 0.352 e. The average molecular weight is 462 g/mol. The first-order valence-corrected chi connectivity index (χ1v) is 11.9. The van der Waals surface area contributed by atoms with E-state index in [1.54, 1.807) is 17.5 Å². The molecule has 2 fully saturated rings. The molecule has 5 rings (SSSR count). The van der Waals surface area contributed by atoms with E-state index in [0.29, 0.717) is 28.9 Å². The van der Waals surface area contributed by atoms with E-state index < -0.39 is 11.8 Å². The zero-order chi connectivity index (χ0) is 22.3. The second-order valence-corrected chi connectivity index (χ2v) is 9.56. The lowest BCUT2D eigenvalue weighted by molar-refractivity contribution is -0.141. The molecule has 1 saturated carbocycles. The van der Waals surface area contributed by atoms with Crippen molar-refractivity contribution in [2.75, 3.05) is 29.9 Å². The Kier molecular flexibility index (Phi) is 5.58. The van der Waals surface area contributed by atoms with Crippen molar-refractivity contribution in [2.24, 2.45) is 5.92 Å². The molecule has 3 aliphatic rings. The molecule has 1 atom stereocenters. The Bertz CT molecular complexity index is 1030. The van der Waals surface area contributed by atoms with Crippen molar-refractivity contribution in [3.8, 4) is 10.6 Å². The third-order valence-electron chi connectivity index (χ3n) is 6.43. The van der Waals surface area contributed by atoms with Gasteiger partial charge in [-0.2, -0.15) is 8.78 Å². The Balaban J connectivity index is 1.31. The van der Waals surface area contributed by atoms with Gasteiger partial charge in [0.1, 0.15) is 10.8 Å². The molecular weight excluding hydrogens is 436 g/mol. The largest absolute Gasteiger partial charge is 0.352 e. The number of nitrogens with one attached hydrogen (secondary N) is 3. The molecule has 170 valence electrons. The van der Waals surface area contributed by atoms with Gasteiger partial charge in [0.2, 0.25) is 0 Å². The minimum Gasteiger partial charge on any atom is -0.334 e. The van der Waals surface area contributed by atoms with Gasteiger partial charge < -0.3 is 15.5 Å². The van der Waals surface area contributed by atoms with Gasteiger partial charge in [0.15, 0.2) is 0 Å². The summed E-state index contributed by atoms with van der Waals surface area (Å²) in [5.41, 5.74) is 0.509. The number of aromatic nitrogens is 1. The molecule has 3 amide bonds. The number of urea groups is 1. The van der Waals surface area contributed by atoms with Gasteiger partial charge in [-0.25, -0.2) is 9.78 Å². The highest BCUT2D eigenvalue weighted by Gasteiger charge is 2.53. The van der Waals surface area contributed by atoms with Crippen LogP contribution in [0.4, 0.5) is 25.1 Å². The van der Waals surface area contributed by atoms with E-state index in [0.717, 1.165) is 45.2 Å². The highest BCUT2D eigenvalue weighted by Crippen LogP contribution is 2.47. The summed E-state index contributed by atoms with van der Waals surface area (Å²) < 4.78 is 29.5. The molecule has 0 radical (unpaired) electrons. The molecule has 1 aromatic carbocycles. The molecule has 32 heavy (non-hydrogen) atoms. The van der Waals surface area contributed by atoms with Crippen molar-refractivity contribution in [3.05, 3.63) is 29.1 Å². The Labute approximate surface area is 188 Å². The van der Waals surface area contributed by atoms with E-state index in [1.165, 1.54) is 22.3 Å². The van der Waals surface area contributed by atoms with Gasteiger partial charge in [0.05, 0.1) is 11.3 Å². The number of amides is 3. The Morgan fingerprint density at radius 1 is 1.28 bits per heavy atom. The van der Waals surface area contributed by atoms with Crippen LogP contribution in [-0.4, -0.2) is 42.6 Å². The zero-order valence-corrected chi connectivity index (χ0v) is 18.3. The van der Waals surface area contributed by atoms with Crippen molar-refractivity contribution in [1.82, 2.24) is 15.6 Å². The van der Waals surface area contributed by atoms with Crippen LogP contribution >= 0.6 is 11.3 Å². The highest BCUT2D eigenvalue weighted by atomic mass is 32.1. The van der Waals surface area contributed by atoms with Gasteiger partial charge in [0, 0.05) is 30.1 Å². The number of hydrogen-bond donors (Lipinski definition) is 3. The Morgan fingerprint density at radius 2 is 2.12 bits per heavy atom. The summed E-state index contributed by atoms with van der Waals surface area (Å²) >= 11 is 1.25.